The number of likely N-dealkylation sites (tertiary alicyclic amines) is 1. The average Bonchev–Trinajstić information content (AvgIpc) is 2.94. The van der Waals surface area contributed by atoms with Crippen LogP contribution in [0.4, 0.5) is 4.79 Å². The number of aliphatic hydroxyl groups is 1. The molecule has 1 fully saturated rings. The fourth-order valence-corrected chi connectivity index (χ4v) is 2.35. The number of furan rings is 1. The van der Waals surface area contributed by atoms with E-state index in [1.54, 1.807) is 19.2 Å². The molecular weight excluding hydrogens is 264 g/mol. The van der Waals surface area contributed by atoms with Crippen LogP contribution >= 0.6 is 0 Å². The van der Waals surface area contributed by atoms with Crippen LogP contribution in [0.1, 0.15) is 17.9 Å². The van der Waals surface area contributed by atoms with Gasteiger partial charge in [-0.3, -0.25) is 0 Å². The number of aliphatic hydroxyl groups excluding tert-OH is 1. The monoisotopic (exact) mass is 282 g/mol. The van der Waals surface area contributed by atoms with Crippen LogP contribution in [0.3, 0.4) is 0 Å². The number of β-amino-alcohol motifs (C(OH)–C–C–N with tert-alkyl or cyclic N) is 1. The van der Waals surface area contributed by atoms with Gasteiger partial charge in [-0.05, 0) is 19.1 Å². The number of hydrogen-bond donors (Lipinski definition) is 2. The predicted octanol–water partition coefficient (Wildman–Crippen LogP) is 0.660. The molecule has 1 aromatic rings. The molecule has 0 saturated carbocycles. The molecule has 0 bridgehead atoms. The summed E-state index contributed by atoms with van der Waals surface area (Å²) in [6.45, 7) is 2.10. The highest BCUT2D eigenvalue weighted by Crippen LogP contribution is 2.20. The van der Waals surface area contributed by atoms with E-state index < -0.39 is 24.1 Å². The van der Waals surface area contributed by atoms with E-state index in [2.05, 4.69) is 0 Å². The van der Waals surface area contributed by atoms with E-state index in [1.165, 1.54) is 9.80 Å². The number of amides is 2. The Bertz CT molecular complexity index is 513. The number of urea groups is 1. The molecule has 20 heavy (non-hydrogen) atoms. The Labute approximate surface area is 116 Å². The zero-order valence-electron chi connectivity index (χ0n) is 11.4. The topological polar surface area (TPSA) is 94.2 Å². The number of carbonyl (C=O) groups excluding carboxylic acids is 1. The Kier molecular flexibility index (Phi) is 3.99. The molecule has 2 rings (SSSR count). The average molecular weight is 282 g/mol. The van der Waals surface area contributed by atoms with E-state index in [4.69, 9.17) is 9.52 Å². The molecular formula is C13H18N2O5. The first-order chi connectivity index (χ1) is 9.38. The van der Waals surface area contributed by atoms with Crippen LogP contribution < -0.4 is 0 Å². The lowest BCUT2D eigenvalue weighted by molar-refractivity contribution is -0.141. The molecule has 2 amide bonds. The second-order valence-corrected chi connectivity index (χ2v) is 5.05. The number of aliphatic carboxylic acids is 1. The molecule has 0 aromatic carbocycles. The van der Waals surface area contributed by atoms with Crippen LogP contribution in [0, 0.1) is 6.92 Å². The third-order valence-corrected chi connectivity index (χ3v) is 3.33. The van der Waals surface area contributed by atoms with Crippen molar-refractivity contribution in [2.24, 2.45) is 0 Å². The van der Waals surface area contributed by atoms with Gasteiger partial charge in [0.2, 0.25) is 0 Å². The summed E-state index contributed by atoms with van der Waals surface area (Å²) in [5.41, 5.74) is 0. The highest BCUT2D eigenvalue weighted by Gasteiger charge is 2.40. The number of aryl methyl sites for hydroxylation is 1. The fraction of sp³-hybridized carbons (Fsp3) is 0.538. The zero-order valence-corrected chi connectivity index (χ0v) is 11.4. The molecule has 1 aliphatic heterocycles. The number of hydrogen-bond acceptors (Lipinski definition) is 4. The van der Waals surface area contributed by atoms with Crippen molar-refractivity contribution in [2.75, 3.05) is 13.6 Å². The molecule has 110 valence electrons. The van der Waals surface area contributed by atoms with Crippen LogP contribution in [-0.4, -0.2) is 57.8 Å². The second-order valence-electron chi connectivity index (χ2n) is 5.05. The molecule has 1 saturated heterocycles. The molecule has 0 aliphatic carbocycles. The van der Waals surface area contributed by atoms with Crippen molar-refractivity contribution >= 4 is 12.0 Å². The van der Waals surface area contributed by atoms with Gasteiger partial charge >= 0.3 is 12.0 Å². The fourth-order valence-electron chi connectivity index (χ4n) is 2.35. The Morgan fingerprint density at radius 1 is 1.50 bits per heavy atom. The summed E-state index contributed by atoms with van der Waals surface area (Å²) < 4.78 is 5.38. The molecule has 7 nitrogen and oxygen atoms in total. The predicted molar refractivity (Wildman–Crippen MR) is 69.1 cm³/mol. The molecule has 2 heterocycles. The van der Waals surface area contributed by atoms with Gasteiger partial charge < -0.3 is 24.4 Å². The van der Waals surface area contributed by atoms with Crippen molar-refractivity contribution in [3.05, 3.63) is 23.7 Å². The summed E-state index contributed by atoms with van der Waals surface area (Å²) in [5.74, 6) is 0.281. The van der Waals surface area contributed by atoms with Crippen molar-refractivity contribution in [1.29, 1.82) is 0 Å². The standard InChI is InChI=1S/C13H18N2O5/c1-8-3-4-10(20-8)7-14(2)13(19)15-6-9(16)5-11(15)12(17)18/h3-4,9,11,16H,5-7H2,1-2H3,(H,17,18)/t9?,11-/m0/s1. The minimum absolute atomic E-state index is 0.0390. The first-order valence-corrected chi connectivity index (χ1v) is 6.36. The Morgan fingerprint density at radius 3 is 2.75 bits per heavy atom. The Balaban J connectivity index is 2.04. The molecule has 0 radical (unpaired) electrons. The van der Waals surface area contributed by atoms with Gasteiger partial charge in [-0.2, -0.15) is 0 Å². The highest BCUT2D eigenvalue weighted by atomic mass is 16.4. The van der Waals surface area contributed by atoms with E-state index in [0.29, 0.717) is 5.76 Å². The van der Waals surface area contributed by atoms with Gasteiger partial charge in [0.1, 0.15) is 17.6 Å². The van der Waals surface area contributed by atoms with Crippen LogP contribution in [0.2, 0.25) is 0 Å². The number of nitrogens with zero attached hydrogens (tertiary/aromatic N) is 2. The van der Waals surface area contributed by atoms with Crippen LogP contribution in [-0.2, 0) is 11.3 Å². The number of carbonyl (C=O) groups is 2. The maximum absolute atomic E-state index is 12.3. The van der Waals surface area contributed by atoms with E-state index in [9.17, 15) is 14.7 Å². The maximum atomic E-state index is 12.3. The second kappa shape index (κ2) is 5.54. The molecule has 2 N–H and O–H groups in total. The third-order valence-electron chi connectivity index (χ3n) is 3.33. The Morgan fingerprint density at radius 2 is 2.20 bits per heavy atom. The van der Waals surface area contributed by atoms with Gasteiger partial charge in [-0.1, -0.05) is 0 Å². The smallest absolute Gasteiger partial charge is 0.326 e. The minimum atomic E-state index is -1.10. The SMILES string of the molecule is Cc1ccc(CN(C)C(=O)N2CC(O)C[C@H]2C(=O)O)o1. The van der Waals surface area contributed by atoms with Gasteiger partial charge in [-0.25, -0.2) is 9.59 Å². The van der Waals surface area contributed by atoms with E-state index in [-0.39, 0.29) is 19.5 Å². The lowest BCUT2D eigenvalue weighted by Crippen LogP contribution is -2.46. The van der Waals surface area contributed by atoms with E-state index >= 15 is 0 Å². The zero-order chi connectivity index (χ0) is 14.9. The molecule has 1 aliphatic rings. The van der Waals surface area contributed by atoms with Gasteiger partial charge in [0.05, 0.1) is 12.6 Å². The lowest BCUT2D eigenvalue weighted by atomic mass is 10.2. The summed E-state index contributed by atoms with van der Waals surface area (Å²) in [4.78, 5) is 25.9. The van der Waals surface area contributed by atoms with Crippen molar-refractivity contribution in [3.8, 4) is 0 Å². The first-order valence-electron chi connectivity index (χ1n) is 6.36. The van der Waals surface area contributed by atoms with Crippen LogP contribution in [0.25, 0.3) is 0 Å². The van der Waals surface area contributed by atoms with Crippen molar-refractivity contribution in [3.63, 3.8) is 0 Å². The van der Waals surface area contributed by atoms with E-state index in [0.717, 1.165) is 5.76 Å². The number of carboxylic acid groups (broad SMARTS) is 1. The van der Waals surface area contributed by atoms with Crippen molar-refractivity contribution in [1.82, 2.24) is 9.80 Å². The minimum Gasteiger partial charge on any atom is -0.480 e. The summed E-state index contributed by atoms with van der Waals surface area (Å²) >= 11 is 0. The molecule has 2 atom stereocenters. The summed E-state index contributed by atoms with van der Waals surface area (Å²) in [6.07, 6.45) is -0.728. The van der Waals surface area contributed by atoms with Gasteiger partial charge in [0, 0.05) is 20.0 Å². The maximum Gasteiger partial charge on any atom is 0.326 e. The largest absolute Gasteiger partial charge is 0.480 e. The summed E-state index contributed by atoms with van der Waals surface area (Å²) in [6, 6.07) is 2.17. The summed E-state index contributed by atoms with van der Waals surface area (Å²) in [5, 5.41) is 18.6. The Hall–Kier alpha value is -2.02. The quantitative estimate of drug-likeness (QED) is 0.849. The number of carboxylic acids is 1. The number of rotatable bonds is 3. The lowest BCUT2D eigenvalue weighted by Gasteiger charge is -2.26. The van der Waals surface area contributed by atoms with E-state index in [1.807, 2.05) is 6.92 Å². The molecule has 0 spiro atoms. The van der Waals surface area contributed by atoms with Crippen LogP contribution in [0.15, 0.2) is 16.5 Å². The summed E-state index contributed by atoms with van der Waals surface area (Å²) in [7, 11) is 1.57. The molecule has 7 heteroatoms. The van der Waals surface area contributed by atoms with Crippen molar-refractivity contribution in [2.45, 2.75) is 32.0 Å². The first kappa shape index (κ1) is 14.4. The third kappa shape index (κ3) is 2.93. The van der Waals surface area contributed by atoms with Crippen LogP contribution in [0.5, 0.6) is 0 Å². The van der Waals surface area contributed by atoms with Gasteiger partial charge in [0.15, 0.2) is 0 Å². The highest BCUT2D eigenvalue weighted by molar-refractivity contribution is 5.83. The molecule has 1 unspecified atom stereocenters. The van der Waals surface area contributed by atoms with Gasteiger partial charge in [0.25, 0.3) is 0 Å². The van der Waals surface area contributed by atoms with Gasteiger partial charge in [-0.15, -0.1) is 0 Å². The van der Waals surface area contributed by atoms with Crippen molar-refractivity contribution < 1.29 is 24.2 Å². The normalized spacial score (nSPS) is 22.1. The molecule has 1 aromatic heterocycles.